The lowest BCUT2D eigenvalue weighted by atomic mass is 9.98. The Morgan fingerprint density at radius 1 is 1.10 bits per heavy atom. The number of nitrogens with one attached hydrogen (secondary N) is 1. The van der Waals surface area contributed by atoms with E-state index in [4.69, 9.17) is 0 Å². The van der Waals surface area contributed by atoms with E-state index in [0.29, 0.717) is 11.3 Å². The fourth-order valence-corrected chi connectivity index (χ4v) is 2.43. The van der Waals surface area contributed by atoms with Crippen molar-refractivity contribution in [1.82, 2.24) is 4.98 Å². The molecule has 0 unspecified atom stereocenters. The van der Waals surface area contributed by atoms with Crippen molar-refractivity contribution in [2.45, 2.75) is 6.92 Å². The fourth-order valence-electron chi connectivity index (χ4n) is 2.43. The topological polar surface area (TPSA) is 76.9 Å². The molecule has 1 aromatic heterocycles. The van der Waals surface area contributed by atoms with Gasteiger partial charge in [0.05, 0.1) is 0 Å². The van der Waals surface area contributed by atoms with E-state index in [1.807, 2.05) is 24.3 Å². The number of pyridine rings is 1. The molecule has 0 saturated carbocycles. The zero-order chi connectivity index (χ0) is 15.0. The molecule has 0 atom stereocenters. The summed E-state index contributed by atoms with van der Waals surface area (Å²) in [4.78, 5) is 14.5. The molecule has 0 amide bonds. The summed E-state index contributed by atoms with van der Waals surface area (Å²) in [6, 6.07) is 14.5. The van der Waals surface area contributed by atoms with Gasteiger partial charge in [0.15, 0.2) is 0 Å². The Labute approximate surface area is 120 Å². The maximum absolute atomic E-state index is 11.9. The van der Waals surface area contributed by atoms with Crippen LogP contribution in [0.25, 0.3) is 21.9 Å². The van der Waals surface area contributed by atoms with Crippen molar-refractivity contribution in [2.75, 3.05) is 0 Å². The van der Waals surface area contributed by atoms with Gasteiger partial charge < -0.3 is 10.1 Å². The minimum absolute atomic E-state index is 0.110. The summed E-state index contributed by atoms with van der Waals surface area (Å²) in [6.45, 7) is 1.78. The van der Waals surface area contributed by atoms with E-state index in [1.54, 1.807) is 31.2 Å². The van der Waals surface area contributed by atoms with Gasteiger partial charge in [-0.2, -0.15) is 5.26 Å². The number of aromatic nitrogens is 1. The Bertz CT molecular complexity index is 949. The molecule has 2 N–H and O–H groups in total. The number of aryl methyl sites for hydroxylation is 1. The second kappa shape index (κ2) is 4.80. The minimum Gasteiger partial charge on any atom is -0.508 e. The van der Waals surface area contributed by atoms with Crippen LogP contribution in [0.3, 0.4) is 0 Å². The Hall–Kier alpha value is -3.06. The molecule has 0 spiro atoms. The summed E-state index contributed by atoms with van der Waals surface area (Å²) in [5.74, 6) is 0.208. The average Bonchev–Trinajstić information content (AvgIpc) is 2.46. The van der Waals surface area contributed by atoms with Crippen LogP contribution >= 0.6 is 0 Å². The molecule has 0 saturated heterocycles. The van der Waals surface area contributed by atoms with Crippen LogP contribution in [-0.4, -0.2) is 10.1 Å². The second-order valence-electron chi connectivity index (χ2n) is 4.93. The minimum atomic E-state index is -0.377. The van der Waals surface area contributed by atoms with E-state index in [9.17, 15) is 15.2 Å². The third-order valence-corrected chi connectivity index (χ3v) is 3.41. The molecule has 0 radical (unpaired) electrons. The number of hydrogen-bond acceptors (Lipinski definition) is 3. The van der Waals surface area contributed by atoms with Crippen molar-refractivity contribution in [3.05, 3.63) is 64.1 Å². The first-order valence-corrected chi connectivity index (χ1v) is 6.45. The van der Waals surface area contributed by atoms with Gasteiger partial charge in [0.25, 0.3) is 5.56 Å². The van der Waals surface area contributed by atoms with Crippen molar-refractivity contribution in [3.63, 3.8) is 0 Å². The van der Waals surface area contributed by atoms with E-state index < -0.39 is 0 Å². The summed E-state index contributed by atoms with van der Waals surface area (Å²) in [5.41, 5.74) is 1.87. The third kappa shape index (κ3) is 2.26. The summed E-state index contributed by atoms with van der Waals surface area (Å²) in [5, 5.41) is 20.5. The molecule has 0 fully saturated rings. The number of benzene rings is 2. The van der Waals surface area contributed by atoms with Crippen LogP contribution in [0.5, 0.6) is 5.75 Å². The Morgan fingerprint density at radius 2 is 1.81 bits per heavy atom. The van der Waals surface area contributed by atoms with Gasteiger partial charge in [-0.1, -0.05) is 18.2 Å². The zero-order valence-corrected chi connectivity index (χ0v) is 11.3. The SMILES string of the molecule is Cc1cc(-c2ccc3cc(O)ccc3c2)c(C#N)c(=O)[nH]1. The van der Waals surface area contributed by atoms with Crippen LogP contribution in [0.4, 0.5) is 0 Å². The third-order valence-electron chi connectivity index (χ3n) is 3.41. The highest BCUT2D eigenvalue weighted by molar-refractivity contribution is 5.89. The molecule has 0 bridgehead atoms. The number of H-pyrrole nitrogens is 1. The zero-order valence-electron chi connectivity index (χ0n) is 11.3. The molecule has 3 aromatic rings. The van der Waals surface area contributed by atoms with Crippen LogP contribution in [0.15, 0.2) is 47.3 Å². The Kier molecular flexibility index (Phi) is 2.96. The number of hydrogen-bond donors (Lipinski definition) is 2. The first-order valence-electron chi connectivity index (χ1n) is 6.45. The predicted octanol–water partition coefficient (Wildman–Crippen LogP) is 3.08. The van der Waals surface area contributed by atoms with E-state index in [-0.39, 0.29) is 16.9 Å². The molecule has 2 aromatic carbocycles. The van der Waals surface area contributed by atoms with Crippen molar-refractivity contribution >= 4 is 10.8 Å². The average molecular weight is 276 g/mol. The maximum atomic E-state index is 11.9. The number of fused-ring (bicyclic) bond motifs is 1. The number of nitriles is 1. The lowest BCUT2D eigenvalue weighted by Gasteiger charge is -2.07. The molecule has 0 aliphatic rings. The van der Waals surface area contributed by atoms with Crippen molar-refractivity contribution < 1.29 is 5.11 Å². The van der Waals surface area contributed by atoms with Gasteiger partial charge >= 0.3 is 0 Å². The first kappa shape index (κ1) is 12.9. The molecule has 0 aliphatic heterocycles. The highest BCUT2D eigenvalue weighted by atomic mass is 16.3. The highest BCUT2D eigenvalue weighted by Gasteiger charge is 2.10. The highest BCUT2D eigenvalue weighted by Crippen LogP contribution is 2.27. The molecule has 1 heterocycles. The molecular formula is C17H12N2O2. The van der Waals surface area contributed by atoms with Crippen LogP contribution in [0, 0.1) is 18.3 Å². The molecule has 4 heteroatoms. The van der Waals surface area contributed by atoms with E-state index >= 15 is 0 Å². The van der Waals surface area contributed by atoms with E-state index in [0.717, 1.165) is 16.3 Å². The Balaban J connectivity index is 2.28. The normalized spacial score (nSPS) is 10.5. The van der Waals surface area contributed by atoms with Gasteiger partial charge in [0, 0.05) is 11.3 Å². The summed E-state index contributed by atoms with van der Waals surface area (Å²) >= 11 is 0. The fraction of sp³-hybridized carbons (Fsp3) is 0.0588. The van der Waals surface area contributed by atoms with Crippen molar-refractivity contribution in [2.24, 2.45) is 0 Å². The monoisotopic (exact) mass is 276 g/mol. The van der Waals surface area contributed by atoms with Gasteiger partial charge in [-0.05, 0) is 47.5 Å². The largest absolute Gasteiger partial charge is 0.508 e. The van der Waals surface area contributed by atoms with Crippen LogP contribution in [0.2, 0.25) is 0 Å². The van der Waals surface area contributed by atoms with Gasteiger partial charge in [-0.3, -0.25) is 4.79 Å². The van der Waals surface area contributed by atoms with Gasteiger partial charge in [-0.15, -0.1) is 0 Å². The van der Waals surface area contributed by atoms with Crippen LogP contribution in [-0.2, 0) is 0 Å². The van der Waals surface area contributed by atoms with Crippen molar-refractivity contribution in [1.29, 1.82) is 5.26 Å². The smallest absolute Gasteiger partial charge is 0.266 e. The van der Waals surface area contributed by atoms with Crippen LogP contribution < -0.4 is 5.56 Å². The first-order chi connectivity index (χ1) is 10.1. The standard InChI is InChI=1S/C17H12N2O2/c1-10-6-15(16(9-18)17(21)19-10)13-3-2-12-8-14(20)5-4-11(12)7-13/h2-8,20H,1H3,(H,19,21). The number of phenolic OH excluding ortho intramolecular Hbond substituents is 1. The summed E-state index contributed by atoms with van der Waals surface area (Å²) in [6.07, 6.45) is 0. The lowest BCUT2D eigenvalue weighted by molar-refractivity contribution is 0.476. The number of phenols is 1. The van der Waals surface area contributed by atoms with Gasteiger partial charge in [-0.25, -0.2) is 0 Å². The lowest BCUT2D eigenvalue weighted by Crippen LogP contribution is -2.12. The van der Waals surface area contributed by atoms with Crippen LogP contribution in [0.1, 0.15) is 11.3 Å². The molecule has 3 rings (SSSR count). The van der Waals surface area contributed by atoms with E-state index in [2.05, 4.69) is 4.98 Å². The molecule has 0 aliphatic carbocycles. The predicted molar refractivity (Wildman–Crippen MR) is 81.1 cm³/mol. The number of rotatable bonds is 1. The quantitative estimate of drug-likeness (QED) is 0.717. The molecule has 102 valence electrons. The molecular weight excluding hydrogens is 264 g/mol. The maximum Gasteiger partial charge on any atom is 0.266 e. The molecule has 4 nitrogen and oxygen atoms in total. The van der Waals surface area contributed by atoms with Gasteiger partial charge in [0.2, 0.25) is 0 Å². The van der Waals surface area contributed by atoms with Crippen molar-refractivity contribution in [3.8, 4) is 22.9 Å². The summed E-state index contributed by atoms with van der Waals surface area (Å²) < 4.78 is 0. The number of nitrogens with zero attached hydrogens (tertiary/aromatic N) is 1. The van der Waals surface area contributed by atoms with Gasteiger partial charge in [0.1, 0.15) is 17.4 Å². The Morgan fingerprint density at radius 3 is 2.57 bits per heavy atom. The second-order valence-corrected chi connectivity index (χ2v) is 4.93. The molecule has 21 heavy (non-hydrogen) atoms. The summed E-state index contributed by atoms with van der Waals surface area (Å²) in [7, 11) is 0. The van der Waals surface area contributed by atoms with E-state index in [1.165, 1.54) is 0 Å². The number of aromatic amines is 1. The number of aromatic hydroxyl groups is 1.